The van der Waals surface area contributed by atoms with Crippen molar-refractivity contribution in [2.75, 3.05) is 12.4 Å². The summed E-state index contributed by atoms with van der Waals surface area (Å²) in [4.78, 5) is 12.4. The molecule has 0 saturated carbocycles. The maximum atomic E-state index is 14.1. The first-order chi connectivity index (χ1) is 14.7. The van der Waals surface area contributed by atoms with E-state index in [9.17, 15) is 22.4 Å². The Morgan fingerprint density at radius 2 is 2.06 bits per heavy atom. The molecule has 0 saturated heterocycles. The third-order valence-electron chi connectivity index (χ3n) is 4.56. The summed E-state index contributed by atoms with van der Waals surface area (Å²) in [5, 5.41) is 14.3. The van der Waals surface area contributed by atoms with Crippen LogP contribution in [-0.2, 0) is 6.54 Å². The number of allylic oxidation sites excluding steroid dienone is 6. The van der Waals surface area contributed by atoms with Crippen LogP contribution in [0.25, 0.3) is 5.57 Å². The maximum absolute atomic E-state index is 14.1. The molecular formula is C22H17F4N3O2. The van der Waals surface area contributed by atoms with Gasteiger partial charge in [-0.15, -0.1) is 0 Å². The van der Waals surface area contributed by atoms with Crippen LogP contribution < -0.4 is 10.6 Å². The second-order valence-electron chi connectivity index (χ2n) is 6.62. The van der Waals surface area contributed by atoms with Gasteiger partial charge >= 0.3 is 6.18 Å². The lowest BCUT2D eigenvalue weighted by atomic mass is 10.1. The number of carbonyl (C=O) groups is 1. The van der Waals surface area contributed by atoms with Crippen LogP contribution in [0, 0.1) is 17.1 Å². The van der Waals surface area contributed by atoms with Crippen LogP contribution >= 0.6 is 0 Å². The van der Waals surface area contributed by atoms with Gasteiger partial charge in [0.05, 0.1) is 16.8 Å². The third-order valence-corrected chi connectivity index (χ3v) is 4.56. The van der Waals surface area contributed by atoms with Gasteiger partial charge in [-0.1, -0.05) is 24.3 Å². The fraction of sp³-hybridized carbons (Fsp3) is 0.182. The number of anilines is 1. The molecule has 1 heterocycles. The summed E-state index contributed by atoms with van der Waals surface area (Å²) in [6.45, 7) is -0.0480. The number of furan rings is 1. The number of nitrogens with one attached hydrogen (secondary N) is 2. The number of amides is 1. The Morgan fingerprint density at radius 1 is 1.29 bits per heavy atom. The number of carbonyl (C=O) groups excluding carboxylic acids is 1. The van der Waals surface area contributed by atoms with Gasteiger partial charge in [-0.05, 0) is 41.8 Å². The minimum Gasteiger partial charge on any atom is -0.451 e. The molecule has 3 rings (SSSR count). The van der Waals surface area contributed by atoms with Crippen molar-refractivity contribution in [1.29, 1.82) is 5.26 Å². The van der Waals surface area contributed by atoms with Crippen molar-refractivity contribution >= 4 is 17.2 Å². The van der Waals surface area contributed by atoms with Crippen LogP contribution in [0.1, 0.15) is 33.9 Å². The fourth-order valence-corrected chi connectivity index (χ4v) is 3.03. The van der Waals surface area contributed by atoms with Crippen molar-refractivity contribution in [2.45, 2.75) is 19.1 Å². The van der Waals surface area contributed by atoms with E-state index < -0.39 is 23.5 Å². The SMILES string of the molecule is CNc1c(F)cc(CNC(=O)c2ccc(C3=CC=CC(C(F)(F)F)=CC3)o2)cc1C#N. The molecule has 9 heteroatoms. The van der Waals surface area contributed by atoms with E-state index in [1.165, 1.54) is 43.5 Å². The number of hydrogen-bond donors (Lipinski definition) is 2. The van der Waals surface area contributed by atoms with E-state index in [0.717, 1.165) is 12.2 Å². The number of halogens is 4. The average Bonchev–Trinajstić information content (AvgIpc) is 3.08. The van der Waals surface area contributed by atoms with Crippen LogP contribution in [0.4, 0.5) is 23.2 Å². The zero-order valence-electron chi connectivity index (χ0n) is 16.3. The minimum absolute atomic E-state index is 0.00948. The van der Waals surface area contributed by atoms with Crippen LogP contribution in [0.2, 0.25) is 0 Å². The lowest BCUT2D eigenvalue weighted by Crippen LogP contribution is -2.22. The molecule has 31 heavy (non-hydrogen) atoms. The van der Waals surface area contributed by atoms with Gasteiger partial charge in [0, 0.05) is 13.6 Å². The monoisotopic (exact) mass is 431 g/mol. The fourth-order valence-electron chi connectivity index (χ4n) is 3.03. The van der Waals surface area contributed by atoms with Crippen LogP contribution in [0.3, 0.4) is 0 Å². The second-order valence-corrected chi connectivity index (χ2v) is 6.62. The van der Waals surface area contributed by atoms with Gasteiger partial charge in [0.25, 0.3) is 5.91 Å². The molecule has 5 nitrogen and oxygen atoms in total. The van der Waals surface area contributed by atoms with Gasteiger partial charge in [-0.25, -0.2) is 4.39 Å². The molecule has 0 spiro atoms. The molecule has 1 aromatic heterocycles. The van der Waals surface area contributed by atoms with E-state index in [2.05, 4.69) is 10.6 Å². The maximum Gasteiger partial charge on any atom is 0.416 e. The molecule has 1 aliphatic carbocycles. The predicted octanol–water partition coefficient (Wildman–Crippen LogP) is 5.09. The number of rotatable bonds is 5. The Kier molecular flexibility index (Phi) is 6.30. The van der Waals surface area contributed by atoms with E-state index in [1.54, 1.807) is 0 Å². The zero-order chi connectivity index (χ0) is 22.6. The van der Waals surface area contributed by atoms with Gasteiger partial charge in [0.1, 0.15) is 17.6 Å². The zero-order valence-corrected chi connectivity index (χ0v) is 16.3. The van der Waals surface area contributed by atoms with Crippen LogP contribution in [-0.4, -0.2) is 19.1 Å². The minimum atomic E-state index is -4.44. The van der Waals surface area contributed by atoms with Crippen molar-refractivity contribution in [2.24, 2.45) is 0 Å². The predicted molar refractivity (Wildman–Crippen MR) is 106 cm³/mol. The quantitative estimate of drug-likeness (QED) is 0.646. The molecular weight excluding hydrogens is 414 g/mol. The Labute approximate surface area is 175 Å². The van der Waals surface area contributed by atoms with E-state index in [0.29, 0.717) is 11.1 Å². The molecule has 160 valence electrons. The van der Waals surface area contributed by atoms with Gasteiger partial charge in [0.15, 0.2) is 5.76 Å². The number of alkyl halides is 3. The Morgan fingerprint density at radius 3 is 2.74 bits per heavy atom. The summed E-state index contributed by atoms with van der Waals surface area (Å²) < 4.78 is 58.1. The molecule has 2 N–H and O–H groups in total. The molecule has 1 aliphatic rings. The molecule has 0 atom stereocenters. The van der Waals surface area contributed by atoms with Crippen molar-refractivity contribution in [1.82, 2.24) is 5.32 Å². The average molecular weight is 431 g/mol. The van der Waals surface area contributed by atoms with E-state index >= 15 is 0 Å². The third kappa shape index (κ3) is 5.04. The van der Waals surface area contributed by atoms with Gasteiger partial charge in [0.2, 0.25) is 0 Å². The molecule has 2 aromatic rings. The van der Waals surface area contributed by atoms with Crippen molar-refractivity contribution in [3.63, 3.8) is 0 Å². The Balaban J connectivity index is 1.69. The first-order valence-corrected chi connectivity index (χ1v) is 9.16. The Bertz CT molecular complexity index is 1130. The summed E-state index contributed by atoms with van der Waals surface area (Å²) in [5.41, 5.74) is 0.289. The highest BCUT2D eigenvalue weighted by molar-refractivity contribution is 5.91. The summed E-state index contributed by atoms with van der Waals surface area (Å²) >= 11 is 0. The molecule has 0 radical (unpaired) electrons. The van der Waals surface area contributed by atoms with Gasteiger partial charge < -0.3 is 15.1 Å². The molecule has 0 fully saturated rings. The van der Waals surface area contributed by atoms with Gasteiger partial charge in [-0.3, -0.25) is 4.79 Å². The molecule has 1 amide bonds. The second kappa shape index (κ2) is 8.92. The molecule has 0 aliphatic heterocycles. The smallest absolute Gasteiger partial charge is 0.416 e. The van der Waals surface area contributed by atoms with Crippen molar-refractivity contribution < 1.29 is 26.8 Å². The summed E-state index contributed by atoms with van der Waals surface area (Å²) in [7, 11) is 1.49. The van der Waals surface area contributed by atoms with Crippen molar-refractivity contribution in [3.05, 3.63) is 82.6 Å². The largest absolute Gasteiger partial charge is 0.451 e. The number of hydrogen-bond acceptors (Lipinski definition) is 4. The number of benzene rings is 1. The Hall–Kier alpha value is -3.80. The number of nitrogens with zero attached hydrogens (tertiary/aromatic N) is 1. The van der Waals surface area contributed by atoms with E-state index in [4.69, 9.17) is 9.68 Å². The molecule has 0 bridgehead atoms. The van der Waals surface area contributed by atoms with Crippen molar-refractivity contribution in [3.8, 4) is 6.07 Å². The normalized spacial score (nSPS) is 13.7. The van der Waals surface area contributed by atoms with Crippen LogP contribution in [0.15, 0.2) is 58.6 Å². The standard InChI is InChI=1S/C22H17F4N3O2/c1-28-20-15(11-27)9-13(10-17(20)23)12-29-21(30)19-8-7-18(31-19)14-3-2-4-16(6-5-14)22(24,25)26/h2-4,6-10,28H,5,12H2,1H3,(H,29,30). The first-order valence-electron chi connectivity index (χ1n) is 9.16. The lowest BCUT2D eigenvalue weighted by Gasteiger charge is -2.09. The van der Waals surface area contributed by atoms with E-state index in [-0.39, 0.29) is 35.7 Å². The summed E-state index contributed by atoms with van der Waals surface area (Å²) in [6.07, 6.45) is 0.339. The highest BCUT2D eigenvalue weighted by atomic mass is 19.4. The lowest BCUT2D eigenvalue weighted by molar-refractivity contribution is -0.0883. The highest BCUT2D eigenvalue weighted by Gasteiger charge is 2.31. The highest BCUT2D eigenvalue weighted by Crippen LogP contribution is 2.31. The van der Waals surface area contributed by atoms with Crippen LogP contribution in [0.5, 0.6) is 0 Å². The first kappa shape index (κ1) is 21.9. The topological polar surface area (TPSA) is 78.1 Å². The summed E-state index contributed by atoms with van der Waals surface area (Å²) in [6, 6.07) is 7.44. The number of nitriles is 1. The van der Waals surface area contributed by atoms with Gasteiger partial charge in [-0.2, -0.15) is 18.4 Å². The summed E-state index contributed by atoms with van der Waals surface area (Å²) in [5.74, 6) is -0.979. The van der Waals surface area contributed by atoms with E-state index in [1.807, 2.05) is 6.07 Å². The molecule has 0 unspecified atom stereocenters. The molecule has 1 aromatic carbocycles.